The maximum atomic E-state index is 11.5. The van der Waals surface area contributed by atoms with E-state index in [9.17, 15) is 4.79 Å². The Morgan fingerprint density at radius 1 is 1.05 bits per heavy atom. The zero-order chi connectivity index (χ0) is 13.9. The highest BCUT2D eigenvalue weighted by Crippen LogP contribution is 2.11. The van der Waals surface area contributed by atoms with Crippen molar-refractivity contribution < 1.29 is 9.53 Å². The largest absolute Gasteiger partial charge is 0.461 e. The van der Waals surface area contributed by atoms with E-state index in [4.69, 9.17) is 4.74 Å². The van der Waals surface area contributed by atoms with Crippen LogP contribution >= 0.6 is 0 Å². The van der Waals surface area contributed by atoms with Crippen LogP contribution in [0, 0.1) is 5.92 Å². The fourth-order valence-corrected chi connectivity index (χ4v) is 1.99. The molecule has 0 radical (unpaired) electrons. The van der Waals surface area contributed by atoms with Crippen molar-refractivity contribution in [1.82, 2.24) is 0 Å². The summed E-state index contributed by atoms with van der Waals surface area (Å²) >= 11 is 0. The minimum Gasteiger partial charge on any atom is -0.461 e. The zero-order valence-corrected chi connectivity index (χ0v) is 12.2. The molecule has 0 heterocycles. The van der Waals surface area contributed by atoms with Crippen LogP contribution in [0.3, 0.4) is 0 Å². The fourth-order valence-electron chi connectivity index (χ4n) is 1.99. The minimum atomic E-state index is -0.0762. The molecule has 0 bridgehead atoms. The van der Waals surface area contributed by atoms with E-state index in [0.29, 0.717) is 13.0 Å². The van der Waals surface area contributed by atoms with Crippen LogP contribution < -0.4 is 0 Å². The quantitative estimate of drug-likeness (QED) is 0.475. The molecule has 1 aromatic carbocycles. The molecule has 2 heteroatoms. The van der Waals surface area contributed by atoms with Crippen molar-refractivity contribution >= 4 is 5.97 Å². The second-order valence-electron chi connectivity index (χ2n) is 5.49. The molecular weight excluding hydrogens is 236 g/mol. The third kappa shape index (κ3) is 8.41. The maximum Gasteiger partial charge on any atom is 0.306 e. The van der Waals surface area contributed by atoms with Crippen LogP contribution in [0.2, 0.25) is 0 Å². The van der Waals surface area contributed by atoms with Gasteiger partial charge in [0.1, 0.15) is 6.61 Å². The van der Waals surface area contributed by atoms with E-state index in [-0.39, 0.29) is 5.97 Å². The smallest absolute Gasteiger partial charge is 0.306 e. The lowest BCUT2D eigenvalue weighted by atomic mass is 10.0. The molecule has 19 heavy (non-hydrogen) atoms. The summed E-state index contributed by atoms with van der Waals surface area (Å²) in [6.07, 6.45) is 6.42. The SMILES string of the molecule is CC(C)CCCCCCC(=O)OCc1ccccc1. The maximum absolute atomic E-state index is 11.5. The lowest BCUT2D eigenvalue weighted by molar-refractivity contribution is -0.145. The molecule has 1 aromatic rings. The third-order valence-corrected chi connectivity index (χ3v) is 3.16. The predicted molar refractivity (Wildman–Crippen MR) is 78.8 cm³/mol. The van der Waals surface area contributed by atoms with Gasteiger partial charge < -0.3 is 4.74 Å². The summed E-state index contributed by atoms with van der Waals surface area (Å²) in [6, 6.07) is 9.82. The van der Waals surface area contributed by atoms with Crippen LogP contribution in [0.25, 0.3) is 0 Å². The lowest BCUT2D eigenvalue weighted by Crippen LogP contribution is -2.04. The number of benzene rings is 1. The molecule has 106 valence electrons. The fraction of sp³-hybridized carbons (Fsp3) is 0.588. The van der Waals surface area contributed by atoms with Gasteiger partial charge in [0.2, 0.25) is 0 Å². The number of hydrogen-bond acceptors (Lipinski definition) is 2. The monoisotopic (exact) mass is 262 g/mol. The minimum absolute atomic E-state index is 0.0762. The second-order valence-corrected chi connectivity index (χ2v) is 5.49. The van der Waals surface area contributed by atoms with Crippen LogP contribution in [0.15, 0.2) is 30.3 Å². The Hall–Kier alpha value is -1.31. The Kier molecular flexibility index (Phi) is 7.95. The van der Waals surface area contributed by atoms with Crippen molar-refractivity contribution in [3.05, 3.63) is 35.9 Å². The molecule has 0 aliphatic carbocycles. The molecule has 0 N–H and O–H groups in total. The first-order valence-corrected chi connectivity index (χ1v) is 7.38. The van der Waals surface area contributed by atoms with Gasteiger partial charge in [-0.3, -0.25) is 4.79 Å². The number of ether oxygens (including phenoxy) is 1. The van der Waals surface area contributed by atoms with Crippen molar-refractivity contribution in [3.8, 4) is 0 Å². The van der Waals surface area contributed by atoms with E-state index in [1.165, 1.54) is 19.3 Å². The van der Waals surface area contributed by atoms with Crippen molar-refractivity contribution in [3.63, 3.8) is 0 Å². The van der Waals surface area contributed by atoms with Crippen LogP contribution in [0.4, 0.5) is 0 Å². The van der Waals surface area contributed by atoms with Crippen LogP contribution in [-0.4, -0.2) is 5.97 Å². The molecule has 0 aliphatic rings. The molecule has 0 unspecified atom stereocenters. The van der Waals surface area contributed by atoms with Gasteiger partial charge in [-0.1, -0.05) is 69.9 Å². The van der Waals surface area contributed by atoms with E-state index < -0.39 is 0 Å². The number of rotatable bonds is 9. The molecule has 0 fully saturated rings. The van der Waals surface area contributed by atoms with Gasteiger partial charge in [0, 0.05) is 6.42 Å². The molecule has 0 saturated carbocycles. The second kappa shape index (κ2) is 9.60. The number of unbranched alkanes of at least 4 members (excludes halogenated alkanes) is 3. The van der Waals surface area contributed by atoms with E-state index in [1.54, 1.807) is 0 Å². The first kappa shape index (κ1) is 15.7. The standard InChI is InChI=1S/C17H26O2/c1-15(2)10-6-3-4-9-13-17(18)19-14-16-11-7-5-8-12-16/h5,7-8,11-12,15H,3-4,6,9-10,13-14H2,1-2H3. The van der Waals surface area contributed by atoms with Gasteiger partial charge in [0.25, 0.3) is 0 Å². The molecule has 1 rings (SSSR count). The van der Waals surface area contributed by atoms with Crippen LogP contribution in [0.5, 0.6) is 0 Å². The van der Waals surface area contributed by atoms with Gasteiger partial charge in [0.05, 0.1) is 0 Å². The normalized spacial score (nSPS) is 10.7. The van der Waals surface area contributed by atoms with Gasteiger partial charge in [-0.2, -0.15) is 0 Å². The molecule has 0 saturated heterocycles. The van der Waals surface area contributed by atoms with Crippen molar-refractivity contribution in [2.24, 2.45) is 5.92 Å². The van der Waals surface area contributed by atoms with Crippen molar-refractivity contribution in [1.29, 1.82) is 0 Å². The topological polar surface area (TPSA) is 26.3 Å². The van der Waals surface area contributed by atoms with Gasteiger partial charge >= 0.3 is 5.97 Å². The predicted octanol–water partition coefficient (Wildman–Crippen LogP) is 4.73. The lowest BCUT2D eigenvalue weighted by Gasteiger charge is -2.06. The Balaban J connectivity index is 1.99. The molecule has 0 aromatic heterocycles. The molecule has 2 nitrogen and oxygen atoms in total. The summed E-state index contributed by atoms with van der Waals surface area (Å²) in [7, 11) is 0. The highest BCUT2D eigenvalue weighted by Gasteiger charge is 2.03. The van der Waals surface area contributed by atoms with Gasteiger partial charge in [-0.15, -0.1) is 0 Å². The van der Waals surface area contributed by atoms with Crippen molar-refractivity contribution in [2.75, 3.05) is 0 Å². The summed E-state index contributed by atoms with van der Waals surface area (Å²) < 4.78 is 5.23. The average Bonchev–Trinajstić information content (AvgIpc) is 2.41. The summed E-state index contributed by atoms with van der Waals surface area (Å²) in [5.41, 5.74) is 1.05. The Labute approximate surface area is 117 Å². The zero-order valence-electron chi connectivity index (χ0n) is 12.2. The Morgan fingerprint density at radius 3 is 2.42 bits per heavy atom. The molecule has 0 spiro atoms. The van der Waals surface area contributed by atoms with Crippen molar-refractivity contribution in [2.45, 2.75) is 59.0 Å². The van der Waals surface area contributed by atoms with Crippen LogP contribution in [-0.2, 0) is 16.1 Å². The number of hydrogen-bond donors (Lipinski definition) is 0. The van der Waals surface area contributed by atoms with E-state index >= 15 is 0 Å². The third-order valence-electron chi connectivity index (χ3n) is 3.16. The van der Waals surface area contributed by atoms with E-state index in [2.05, 4.69) is 13.8 Å². The molecule has 0 atom stereocenters. The number of carbonyl (C=O) groups is 1. The van der Waals surface area contributed by atoms with Gasteiger partial charge in [0.15, 0.2) is 0 Å². The molecular formula is C17H26O2. The molecule has 0 amide bonds. The van der Waals surface area contributed by atoms with Gasteiger partial charge in [-0.05, 0) is 17.9 Å². The number of carbonyl (C=O) groups excluding carboxylic acids is 1. The first-order chi connectivity index (χ1) is 9.18. The average molecular weight is 262 g/mol. The molecule has 0 aliphatic heterocycles. The first-order valence-electron chi connectivity index (χ1n) is 7.38. The van der Waals surface area contributed by atoms with Crippen LogP contribution in [0.1, 0.15) is 57.9 Å². The number of esters is 1. The summed E-state index contributed by atoms with van der Waals surface area (Å²) in [6.45, 7) is 4.90. The Bertz CT molecular complexity index is 344. The summed E-state index contributed by atoms with van der Waals surface area (Å²) in [5, 5.41) is 0. The Morgan fingerprint density at radius 2 is 1.74 bits per heavy atom. The highest BCUT2D eigenvalue weighted by atomic mass is 16.5. The van der Waals surface area contributed by atoms with E-state index in [0.717, 1.165) is 24.3 Å². The van der Waals surface area contributed by atoms with E-state index in [1.807, 2.05) is 30.3 Å². The summed E-state index contributed by atoms with van der Waals surface area (Å²) in [4.78, 5) is 11.5. The summed E-state index contributed by atoms with van der Waals surface area (Å²) in [5.74, 6) is 0.712. The highest BCUT2D eigenvalue weighted by molar-refractivity contribution is 5.69. The van der Waals surface area contributed by atoms with Gasteiger partial charge in [-0.25, -0.2) is 0 Å².